The monoisotopic (exact) mass is 167 g/mol. The molecule has 0 saturated heterocycles. The fraction of sp³-hybridized carbons (Fsp3) is 0.556. The Morgan fingerprint density at radius 2 is 2.08 bits per heavy atom. The van der Waals surface area contributed by atoms with Crippen molar-refractivity contribution in [1.82, 2.24) is 5.01 Å². The average molecular weight is 167 g/mol. The third-order valence-corrected chi connectivity index (χ3v) is 1.20. The van der Waals surface area contributed by atoms with Crippen LogP contribution in [0.25, 0.3) is 0 Å². The van der Waals surface area contributed by atoms with E-state index < -0.39 is 0 Å². The zero-order valence-corrected chi connectivity index (χ0v) is 8.33. The zero-order chi connectivity index (χ0) is 9.56. The molecular weight excluding hydrogens is 150 g/mol. The first kappa shape index (κ1) is 10.9. The largest absolute Gasteiger partial charge is 0.303 e. The highest BCUT2D eigenvalue weighted by atomic mass is 15.4. The van der Waals surface area contributed by atoms with Crippen LogP contribution in [0.5, 0.6) is 0 Å². The van der Waals surface area contributed by atoms with Crippen molar-refractivity contribution >= 4 is 11.9 Å². The molecule has 0 bridgehead atoms. The summed E-state index contributed by atoms with van der Waals surface area (Å²) in [5, 5.41) is 5.90. The summed E-state index contributed by atoms with van der Waals surface area (Å²) in [6, 6.07) is 0. The quantitative estimate of drug-likeness (QED) is 0.464. The van der Waals surface area contributed by atoms with Crippen molar-refractivity contribution in [2.75, 3.05) is 14.1 Å². The Balaban J connectivity index is 4.19. The Morgan fingerprint density at radius 1 is 1.50 bits per heavy atom. The summed E-state index contributed by atoms with van der Waals surface area (Å²) in [5.41, 5.74) is 1.58. The highest BCUT2D eigenvalue weighted by molar-refractivity contribution is 5.98. The topological polar surface area (TPSA) is 28.0 Å². The molecule has 0 aliphatic carbocycles. The molecule has 0 unspecified atom stereocenters. The van der Waals surface area contributed by atoms with Crippen LogP contribution in [0.2, 0.25) is 0 Å². The van der Waals surface area contributed by atoms with Gasteiger partial charge >= 0.3 is 0 Å². The number of hydrogen-bond acceptors (Lipinski definition) is 3. The lowest BCUT2D eigenvalue weighted by molar-refractivity contribution is 0.437. The summed E-state index contributed by atoms with van der Waals surface area (Å²) >= 11 is 0. The van der Waals surface area contributed by atoms with Crippen LogP contribution >= 0.6 is 0 Å². The predicted molar refractivity (Wildman–Crippen MR) is 54.7 cm³/mol. The van der Waals surface area contributed by atoms with Gasteiger partial charge in [0, 0.05) is 20.3 Å². The van der Waals surface area contributed by atoms with Crippen LogP contribution in [0, 0.1) is 0 Å². The molecule has 0 radical (unpaired) electrons. The second-order valence-corrected chi connectivity index (χ2v) is 2.70. The summed E-state index contributed by atoms with van der Waals surface area (Å²) in [6.07, 6.45) is 2.76. The maximum atomic E-state index is 4.17. The van der Waals surface area contributed by atoms with Gasteiger partial charge in [-0.15, -0.1) is 0 Å². The number of rotatable bonds is 4. The molecule has 3 nitrogen and oxygen atoms in total. The van der Waals surface area contributed by atoms with Crippen molar-refractivity contribution in [3.8, 4) is 0 Å². The highest BCUT2D eigenvalue weighted by Gasteiger charge is 1.94. The van der Waals surface area contributed by atoms with E-state index in [0.717, 1.165) is 17.8 Å². The Morgan fingerprint density at radius 3 is 2.50 bits per heavy atom. The van der Waals surface area contributed by atoms with Gasteiger partial charge in [-0.25, -0.2) is 0 Å². The molecule has 0 atom stereocenters. The molecule has 3 heteroatoms. The van der Waals surface area contributed by atoms with Gasteiger partial charge < -0.3 is 5.01 Å². The minimum Gasteiger partial charge on any atom is -0.303 e. The Labute approximate surface area is 74.5 Å². The average Bonchev–Trinajstić information content (AvgIpc) is 1.98. The van der Waals surface area contributed by atoms with Gasteiger partial charge in [0.2, 0.25) is 0 Å². The third kappa shape index (κ3) is 4.66. The third-order valence-electron chi connectivity index (χ3n) is 1.20. The number of hydrazone groups is 1. The van der Waals surface area contributed by atoms with Crippen molar-refractivity contribution in [3.63, 3.8) is 0 Å². The predicted octanol–water partition coefficient (Wildman–Crippen LogP) is 1.92. The van der Waals surface area contributed by atoms with Crippen molar-refractivity contribution in [2.45, 2.75) is 20.3 Å². The van der Waals surface area contributed by atoms with Gasteiger partial charge in [0.05, 0.1) is 11.4 Å². The second kappa shape index (κ2) is 5.52. The van der Waals surface area contributed by atoms with Crippen LogP contribution in [0.4, 0.5) is 0 Å². The van der Waals surface area contributed by atoms with Gasteiger partial charge in [-0.05, 0) is 13.3 Å². The normalized spacial score (nSPS) is 12.2. The van der Waals surface area contributed by atoms with Crippen molar-refractivity contribution in [2.24, 2.45) is 10.1 Å². The van der Waals surface area contributed by atoms with Gasteiger partial charge in [-0.2, -0.15) is 5.10 Å². The van der Waals surface area contributed by atoms with Crippen LogP contribution in [-0.4, -0.2) is 31.0 Å². The zero-order valence-electron chi connectivity index (χ0n) is 8.33. The molecule has 0 saturated carbocycles. The Kier molecular flexibility index (Phi) is 5.00. The lowest BCUT2D eigenvalue weighted by Gasteiger charge is -2.06. The van der Waals surface area contributed by atoms with E-state index in [0.29, 0.717) is 0 Å². The van der Waals surface area contributed by atoms with E-state index in [9.17, 15) is 0 Å². The molecule has 0 N–H and O–H groups in total. The SMILES string of the molecule is C=C(N=CCC)/C(C)=N\N(C)C. The molecule has 0 aliphatic heterocycles. The summed E-state index contributed by atoms with van der Waals surface area (Å²) < 4.78 is 0. The van der Waals surface area contributed by atoms with E-state index in [-0.39, 0.29) is 0 Å². The molecule has 0 heterocycles. The minimum atomic E-state index is 0.727. The number of aliphatic imine (C=N–C) groups is 1. The van der Waals surface area contributed by atoms with Gasteiger partial charge in [0.25, 0.3) is 0 Å². The van der Waals surface area contributed by atoms with Crippen molar-refractivity contribution in [1.29, 1.82) is 0 Å². The first-order valence-corrected chi connectivity index (χ1v) is 4.02. The van der Waals surface area contributed by atoms with E-state index in [4.69, 9.17) is 0 Å². The van der Waals surface area contributed by atoms with E-state index in [1.54, 1.807) is 5.01 Å². The number of hydrogen-bond donors (Lipinski definition) is 0. The highest BCUT2D eigenvalue weighted by Crippen LogP contribution is 1.97. The van der Waals surface area contributed by atoms with Gasteiger partial charge in [0.15, 0.2) is 0 Å². The van der Waals surface area contributed by atoms with E-state index in [1.807, 2.05) is 34.2 Å². The summed E-state index contributed by atoms with van der Waals surface area (Å²) in [6.45, 7) is 7.72. The second-order valence-electron chi connectivity index (χ2n) is 2.70. The molecule has 0 rings (SSSR count). The molecule has 0 amide bonds. The molecule has 0 aromatic carbocycles. The minimum absolute atomic E-state index is 0.727. The van der Waals surface area contributed by atoms with Crippen LogP contribution in [0.3, 0.4) is 0 Å². The van der Waals surface area contributed by atoms with Gasteiger partial charge in [-0.1, -0.05) is 13.5 Å². The van der Waals surface area contributed by atoms with Crippen LogP contribution in [0.15, 0.2) is 22.4 Å². The molecule has 0 aliphatic rings. The molecule has 0 spiro atoms. The van der Waals surface area contributed by atoms with Crippen molar-refractivity contribution in [3.05, 3.63) is 12.3 Å². The summed E-state index contributed by atoms with van der Waals surface area (Å²) in [5.74, 6) is 0. The lowest BCUT2D eigenvalue weighted by Crippen LogP contribution is -2.07. The molecule has 0 aromatic heterocycles. The first-order chi connectivity index (χ1) is 5.57. The maximum Gasteiger partial charge on any atom is 0.0823 e. The van der Waals surface area contributed by atoms with Crippen LogP contribution < -0.4 is 0 Å². The fourth-order valence-electron chi connectivity index (χ4n) is 0.653. The van der Waals surface area contributed by atoms with Gasteiger partial charge in [-0.3, -0.25) is 4.99 Å². The van der Waals surface area contributed by atoms with E-state index >= 15 is 0 Å². The fourth-order valence-corrected chi connectivity index (χ4v) is 0.653. The van der Waals surface area contributed by atoms with Crippen molar-refractivity contribution < 1.29 is 0 Å². The summed E-state index contributed by atoms with van der Waals surface area (Å²) in [4.78, 5) is 4.12. The standard InChI is InChI=1S/C9H17N3/c1-6-7-10-8(2)9(3)11-12(4)5/h7H,2,6H2,1,3-5H3/b10-7?,11-9-. The Bertz CT molecular complexity index is 202. The van der Waals surface area contributed by atoms with Crippen LogP contribution in [0.1, 0.15) is 20.3 Å². The van der Waals surface area contributed by atoms with Gasteiger partial charge in [0.1, 0.15) is 0 Å². The molecule has 12 heavy (non-hydrogen) atoms. The Hall–Kier alpha value is -1.12. The summed E-state index contributed by atoms with van der Waals surface area (Å²) in [7, 11) is 3.75. The molecule has 68 valence electrons. The molecule has 0 aromatic rings. The first-order valence-electron chi connectivity index (χ1n) is 4.02. The van der Waals surface area contributed by atoms with E-state index in [2.05, 4.69) is 16.7 Å². The maximum absolute atomic E-state index is 4.17. The number of allylic oxidation sites excluding steroid dienone is 1. The molecule has 0 fully saturated rings. The lowest BCUT2D eigenvalue weighted by atomic mass is 10.3. The van der Waals surface area contributed by atoms with Crippen LogP contribution in [-0.2, 0) is 0 Å². The van der Waals surface area contributed by atoms with E-state index in [1.165, 1.54) is 0 Å². The molecular formula is C9H17N3. The number of nitrogens with zero attached hydrogens (tertiary/aromatic N) is 3. The smallest absolute Gasteiger partial charge is 0.0823 e.